The average Bonchev–Trinajstić information content (AvgIpc) is 2.67. The van der Waals surface area contributed by atoms with E-state index in [0.29, 0.717) is 5.56 Å². The fourth-order valence-electron chi connectivity index (χ4n) is 3.06. The normalized spacial score (nSPS) is 12.8. The van der Waals surface area contributed by atoms with Crippen LogP contribution < -0.4 is 5.56 Å². The molecule has 7 heteroatoms. The number of nitrogens with zero attached hydrogens (tertiary/aromatic N) is 2. The maximum absolute atomic E-state index is 14.5. The van der Waals surface area contributed by atoms with Gasteiger partial charge in [0.1, 0.15) is 11.6 Å². The van der Waals surface area contributed by atoms with E-state index in [-0.39, 0.29) is 23.3 Å². The minimum Gasteiger partial charge on any atom is -0.411 e. The molecule has 3 aromatic rings. The van der Waals surface area contributed by atoms with Crippen molar-refractivity contribution in [3.8, 4) is 0 Å². The molecule has 0 spiro atoms. The van der Waals surface area contributed by atoms with E-state index in [1.54, 1.807) is 19.3 Å². The molecule has 144 valence electrons. The molecule has 1 atom stereocenters. The molecule has 0 saturated carbocycles. The predicted molar refractivity (Wildman–Crippen MR) is 107 cm³/mol. The van der Waals surface area contributed by atoms with Crippen molar-refractivity contribution in [1.82, 2.24) is 4.57 Å². The molecule has 2 aromatic carbocycles. The van der Waals surface area contributed by atoms with Gasteiger partial charge in [0.2, 0.25) is 5.56 Å². The Balaban J connectivity index is 2.06. The van der Waals surface area contributed by atoms with Gasteiger partial charge in [-0.2, -0.15) is 0 Å². The summed E-state index contributed by atoms with van der Waals surface area (Å²) in [5, 5.41) is 13.0. The van der Waals surface area contributed by atoms with E-state index in [0.717, 1.165) is 16.1 Å². The molecule has 1 N–H and O–H groups in total. The summed E-state index contributed by atoms with van der Waals surface area (Å²) >= 11 is 3.37. The largest absolute Gasteiger partial charge is 0.411 e. The zero-order chi connectivity index (χ0) is 20.3. The highest BCUT2D eigenvalue weighted by Crippen LogP contribution is 2.32. The predicted octanol–water partition coefficient (Wildman–Crippen LogP) is 4.83. The average molecular weight is 447 g/mol. The standard InChI is InChI=1S/C21H17BrF2N2O2/c1-26-12-14(4-9-21(26)27)20(25-28)11-18(13-2-5-15(22)6-3-13)17-8-7-16(23)10-19(17)24/h2-10,12,18,28H,11H2,1H3/b25-20-. The summed E-state index contributed by atoms with van der Waals surface area (Å²) in [6.07, 6.45) is 1.70. The zero-order valence-electron chi connectivity index (χ0n) is 14.9. The first-order valence-electron chi connectivity index (χ1n) is 8.47. The van der Waals surface area contributed by atoms with Crippen LogP contribution in [0.25, 0.3) is 0 Å². The van der Waals surface area contributed by atoms with Gasteiger partial charge in [-0.05, 0) is 35.4 Å². The van der Waals surface area contributed by atoms with E-state index in [1.165, 1.54) is 22.8 Å². The van der Waals surface area contributed by atoms with Crippen molar-refractivity contribution in [2.75, 3.05) is 0 Å². The van der Waals surface area contributed by atoms with E-state index in [4.69, 9.17) is 0 Å². The van der Waals surface area contributed by atoms with Crippen molar-refractivity contribution in [2.45, 2.75) is 12.3 Å². The van der Waals surface area contributed by atoms with Gasteiger partial charge < -0.3 is 9.77 Å². The van der Waals surface area contributed by atoms with E-state index < -0.39 is 17.6 Å². The Morgan fingerprint density at radius 1 is 1.14 bits per heavy atom. The Labute approximate surface area is 168 Å². The summed E-state index contributed by atoms with van der Waals surface area (Å²) in [7, 11) is 1.59. The van der Waals surface area contributed by atoms with E-state index >= 15 is 0 Å². The molecule has 0 fully saturated rings. The van der Waals surface area contributed by atoms with Crippen molar-refractivity contribution in [3.63, 3.8) is 0 Å². The van der Waals surface area contributed by atoms with E-state index in [9.17, 15) is 18.8 Å². The minimum atomic E-state index is -0.675. The maximum atomic E-state index is 14.5. The van der Waals surface area contributed by atoms with Crippen molar-refractivity contribution in [3.05, 3.63) is 104 Å². The molecule has 28 heavy (non-hydrogen) atoms. The number of rotatable bonds is 5. The highest BCUT2D eigenvalue weighted by molar-refractivity contribution is 9.10. The van der Waals surface area contributed by atoms with Crippen LogP contribution in [0.3, 0.4) is 0 Å². The SMILES string of the molecule is Cn1cc(/C(CC(c2ccc(Br)cc2)c2ccc(F)cc2F)=N\O)ccc1=O. The van der Waals surface area contributed by atoms with Gasteiger partial charge in [0.25, 0.3) is 0 Å². The number of aryl methyl sites for hydroxylation is 1. The summed E-state index contributed by atoms with van der Waals surface area (Å²) in [5.74, 6) is -1.85. The first-order chi connectivity index (χ1) is 13.4. The van der Waals surface area contributed by atoms with Gasteiger partial charge in [-0.3, -0.25) is 4.79 Å². The summed E-state index contributed by atoms with van der Waals surface area (Å²) in [5.41, 5.74) is 1.69. The third-order valence-corrected chi connectivity index (χ3v) is 5.08. The molecule has 0 amide bonds. The second kappa shape index (κ2) is 8.48. The van der Waals surface area contributed by atoms with Crippen LogP contribution in [-0.2, 0) is 7.05 Å². The molecule has 4 nitrogen and oxygen atoms in total. The molecule has 0 aliphatic carbocycles. The third-order valence-electron chi connectivity index (χ3n) is 4.55. The smallest absolute Gasteiger partial charge is 0.250 e. The topological polar surface area (TPSA) is 54.6 Å². The minimum absolute atomic E-state index is 0.152. The first kappa shape index (κ1) is 19.9. The molecule has 0 saturated heterocycles. The van der Waals surface area contributed by atoms with Gasteiger partial charge in [0.15, 0.2) is 0 Å². The number of oxime groups is 1. The van der Waals surface area contributed by atoms with Gasteiger partial charge in [0, 0.05) is 47.8 Å². The van der Waals surface area contributed by atoms with E-state index in [1.807, 2.05) is 24.3 Å². The number of benzene rings is 2. The molecule has 3 rings (SSSR count). The summed E-state index contributed by atoms with van der Waals surface area (Å²) in [6, 6.07) is 13.7. The van der Waals surface area contributed by atoms with Crippen LogP contribution in [0.15, 0.2) is 75.2 Å². The fourth-order valence-corrected chi connectivity index (χ4v) is 3.33. The molecule has 0 bridgehead atoms. The zero-order valence-corrected chi connectivity index (χ0v) is 16.5. The first-order valence-corrected chi connectivity index (χ1v) is 9.26. The van der Waals surface area contributed by atoms with Gasteiger partial charge >= 0.3 is 0 Å². The fraction of sp³-hybridized carbons (Fsp3) is 0.143. The van der Waals surface area contributed by atoms with Crippen molar-refractivity contribution in [2.24, 2.45) is 12.2 Å². The highest BCUT2D eigenvalue weighted by Gasteiger charge is 2.22. The lowest BCUT2D eigenvalue weighted by Crippen LogP contribution is -2.18. The molecular formula is C21H17BrF2N2O2. The molecule has 1 aromatic heterocycles. The number of halogens is 3. The van der Waals surface area contributed by atoms with Crippen LogP contribution in [0.1, 0.15) is 29.0 Å². The quantitative estimate of drug-likeness (QED) is 0.346. The van der Waals surface area contributed by atoms with Crippen LogP contribution in [0, 0.1) is 11.6 Å². The van der Waals surface area contributed by atoms with Gasteiger partial charge in [-0.15, -0.1) is 0 Å². The van der Waals surface area contributed by atoms with Crippen LogP contribution in [0.5, 0.6) is 0 Å². The van der Waals surface area contributed by atoms with Crippen LogP contribution in [-0.4, -0.2) is 15.5 Å². The van der Waals surface area contributed by atoms with Crippen molar-refractivity contribution >= 4 is 21.6 Å². The Morgan fingerprint density at radius 2 is 1.86 bits per heavy atom. The summed E-state index contributed by atoms with van der Waals surface area (Å²) in [6.45, 7) is 0. The van der Waals surface area contributed by atoms with Crippen LogP contribution >= 0.6 is 15.9 Å². The molecule has 0 aliphatic rings. The van der Waals surface area contributed by atoms with Gasteiger partial charge in [0.05, 0.1) is 5.71 Å². The van der Waals surface area contributed by atoms with Crippen molar-refractivity contribution in [1.29, 1.82) is 0 Å². The van der Waals surface area contributed by atoms with Crippen LogP contribution in [0.2, 0.25) is 0 Å². The highest BCUT2D eigenvalue weighted by atomic mass is 79.9. The number of hydrogen-bond donors (Lipinski definition) is 1. The Morgan fingerprint density at radius 3 is 2.46 bits per heavy atom. The molecule has 0 radical (unpaired) electrons. The maximum Gasteiger partial charge on any atom is 0.250 e. The molecular weight excluding hydrogens is 430 g/mol. The molecule has 1 unspecified atom stereocenters. The Kier molecular flexibility index (Phi) is 6.04. The monoisotopic (exact) mass is 446 g/mol. The van der Waals surface area contributed by atoms with Crippen LogP contribution in [0.4, 0.5) is 8.78 Å². The second-order valence-electron chi connectivity index (χ2n) is 6.39. The van der Waals surface area contributed by atoms with Gasteiger partial charge in [-0.1, -0.05) is 39.3 Å². The number of pyridine rings is 1. The Bertz CT molecular complexity index is 1080. The lowest BCUT2D eigenvalue weighted by atomic mass is 9.85. The Hall–Kier alpha value is -2.80. The summed E-state index contributed by atoms with van der Waals surface area (Å²) < 4.78 is 30.2. The van der Waals surface area contributed by atoms with E-state index in [2.05, 4.69) is 21.1 Å². The van der Waals surface area contributed by atoms with Crippen molar-refractivity contribution < 1.29 is 14.0 Å². The molecule has 1 heterocycles. The number of hydrogen-bond acceptors (Lipinski definition) is 3. The second-order valence-corrected chi connectivity index (χ2v) is 7.30. The number of aromatic nitrogens is 1. The summed E-state index contributed by atoms with van der Waals surface area (Å²) in [4.78, 5) is 11.6. The third kappa shape index (κ3) is 4.36. The molecule has 0 aliphatic heterocycles. The van der Waals surface area contributed by atoms with Gasteiger partial charge in [-0.25, -0.2) is 8.78 Å². The lowest BCUT2D eigenvalue weighted by Gasteiger charge is -2.20. The lowest BCUT2D eigenvalue weighted by molar-refractivity contribution is 0.317.